The van der Waals surface area contributed by atoms with Gasteiger partial charge in [-0.2, -0.15) is 0 Å². The van der Waals surface area contributed by atoms with Gasteiger partial charge in [-0.15, -0.1) is 11.3 Å². The minimum atomic E-state index is -0.957. The van der Waals surface area contributed by atoms with E-state index in [1.807, 2.05) is 31.2 Å². The second kappa shape index (κ2) is 7.36. The molecule has 1 amide bonds. The zero-order valence-corrected chi connectivity index (χ0v) is 16.3. The quantitative estimate of drug-likeness (QED) is 0.509. The number of H-pyrrole nitrogens is 1. The SMILES string of the molecule is CC(=O)Nc1sc(C)c(C)c1C(=O)O[C@@H](C)C(=O)c1c[nH]c2ccccc12. The van der Waals surface area contributed by atoms with E-state index in [1.54, 1.807) is 20.0 Å². The number of carbonyl (C=O) groups excluding carboxylic acids is 3. The first-order valence-corrected chi connectivity index (χ1v) is 9.30. The van der Waals surface area contributed by atoms with Gasteiger partial charge in [0.05, 0.1) is 5.56 Å². The summed E-state index contributed by atoms with van der Waals surface area (Å²) >= 11 is 1.31. The minimum absolute atomic E-state index is 0.270. The fourth-order valence-electron chi connectivity index (χ4n) is 2.89. The molecule has 2 aromatic heterocycles. The third-order valence-corrected chi connectivity index (χ3v) is 5.51. The highest BCUT2D eigenvalue weighted by Gasteiger charge is 2.27. The van der Waals surface area contributed by atoms with Crippen LogP contribution in [0.15, 0.2) is 30.5 Å². The van der Waals surface area contributed by atoms with Crippen LogP contribution in [0.3, 0.4) is 0 Å². The molecule has 0 radical (unpaired) electrons. The Morgan fingerprint density at radius 3 is 2.59 bits per heavy atom. The third-order valence-electron chi connectivity index (χ3n) is 4.39. The number of amides is 1. The average molecular weight is 384 g/mol. The first-order chi connectivity index (χ1) is 12.8. The number of aromatic nitrogens is 1. The fourth-order valence-corrected chi connectivity index (χ4v) is 3.98. The van der Waals surface area contributed by atoms with Crippen molar-refractivity contribution in [1.29, 1.82) is 0 Å². The molecule has 3 rings (SSSR count). The molecule has 140 valence electrons. The van der Waals surface area contributed by atoms with Crippen LogP contribution in [0.25, 0.3) is 10.9 Å². The van der Waals surface area contributed by atoms with Gasteiger partial charge < -0.3 is 15.0 Å². The molecule has 0 saturated heterocycles. The summed E-state index contributed by atoms with van der Waals surface area (Å²) in [6, 6.07) is 7.44. The Kier molecular flexibility index (Phi) is 5.14. The van der Waals surface area contributed by atoms with Crippen molar-refractivity contribution < 1.29 is 19.1 Å². The predicted octanol–water partition coefficient (Wildman–Crippen LogP) is 4.23. The van der Waals surface area contributed by atoms with Crippen LogP contribution in [-0.4, -0.2) is 28.7 Å². The van der Waals surface area contributed by atoms with Crippen LogP contribution in [-0.2, 0) is 9.53 Å². The molecule has 7 heteroatoms. The maximum Gasteiger partial charge on any atom is 0.342 e. The molecular formula is C20H20N2O4S. The van der Waals surface area contributed by atoms with Gasteiger partial charge in [0.15, 0.2) is 6.10 Å². The van der Waals surface area contributed by atoms with Gasteiger partial charge in [0.25, 0.3) is 0 Å². The molecule has 0 saturated carbocycles. The Labute approximate surface area is 160 Å². The van der Waals surface area contributed by atoms with Crippen LogP contribution in [0, 0.1) is 13.8 Å². The summed E-state index contributed by atoms with van der Waals surface area (Å²) in [5.74, 6) is -1.18. The number of fused-ring (bicyclic) bond motifs is 1. The number of benzene rings is 1. The number of carbonyl (C=O) groups is 3. The van der Waals surface area contributed by atoms with Gasteiger partial charge in [0.1, 0.15) is 5.00 Å². The second-order valence-corrected chi connectivity index (χ2v) is 7.55. The topological polar surface area (TPSA) is 88.3 Å². The monoisotopic (exact) mass is 384 g/mol. The number of anilines is 1. The lowest BCUT2D eigenvalue weighted by Crippen LogP contribution is -2.25. The van der Waals surface area contributed by atoms with E-state index in [4.69, 9.17) is 4.74 Å². The van der Waals surface area contributed by atoms with Gasteiger partial charge in [-0.3, -0.25) is 9.59 Å². The molecule has 6 nitrogen and oxygen atoms in total. The number of hydrogen-bond acceptors (Lipinski definition) is 5. The van der Waals surface area contributed by atoms with Crippen molar-refractivity contribution in [3.8, 4) is 0 Å². The van der Waals surface area contributed by atoms with Crippen LogP contribution in [0.5, 0.6) is 0 Å². The van der Waals surface area contributed by atoms with Crippen LogP contribution < -0.4 is 5.32 Å². The normalized spacial score (nSPS) is 12.0. The number of ether oxygens (including phenoxy) is 1. The van der Waals surface area contributed by atoms with Crippen molar-refractivity contribution in [3.63, 3.8) is 0 Å². The van der Waals surface area contributed by atoms with E-state index in [0.29, 0.717) is 16.1 Å². The van der Waals surface area contributed by atoms with Gasteiger partial charge in [0.2, 0.25) is 11.7 Å². The molecule has 0 bridgehead atoms. The number of rotatable bonds is 5. The minimum Gasteiger partial charge on any atom is -0.451 e. The summed E-state index contributed by atoms with van der Waals surface area (Å²) in [6.45, 7) is 6.58. The van der Waals surface area contributed by atoms with Crippen LogP contribution >= 0.6 is 11.3 Å². The zero-order valence-electron chi connectivity index (χ0n) is 15.5. The summed E-state index contributed by atoms with van der Waals surface area (Å²) in [7, 11) is 0. The highest BCUT2D eigenvalue weighted by molar-refractivity contribution is 7.16. The maximum absolute atomic E-state index is 12.8. The Balaban J connectivity index is 1.84. The number of ketones is 1. The molecule has 2 heterocycles. The second-order valence-electron chi connectivity index (χ2n) is 6.33. The number of thiophene rings is 1. The molecule has 0 fully saturated rings. The van der Waals surface area contributed by atoms with Gasteiger partial charge >= 0.3 is 5.97 Å². The van der Waals surface area contributed by atoms with E-state index in [2.05, 4.69) is 10.3 Å². The Bertz CT molecular complexity index is 1050. The summed E-state index contributed by atoms with van der Waals surface area (Å²) in [5, 5.41) is 3.88. The van der Waals surface area contributed by atoms with Crippen molar-refractivity contribution in [1.82, 2.24) is 4.98 Å². The van der Waals surface area contributed by atoms with Gasteiger partial charge in [-0.05, 0) is 32.4 Å². The number of Topliss-reactive ketones (excluding diaryl/α,β-unsaturated/α-hetero) is 1. The number of esters is 1. The molecule has 27 heavy (non-hydrogen) atoms. The first-order valence-electron chi connectivity index (χ1n) is 8.48. The Morgan fingerprint density at radius 1 is 1.19 bits per heavy atom. The molecule has 1 aromatic carbocycles. The molecule has 0 aliphatic carbocycles. The first kappa shape index (κ1) is 18.8. The number of nitrogens with one attached hydrogen (secondary N) is 2. The van der Waals surface area contributed by atoms with E-state index >= 15 is 0 Å². The molecule has 0 spiro atoms. The average Bonchev–Trinajstić information content (AvgIpc) is 3.15. The largest absolute Gasteiger partial charge is 0.451 e. The van der Waals surface area contributed by atoms with Gasteiger partial charge in [0, 0.05) is 34.5 Å². The van der Waals surface area contributed by atoms with E-state index in [1.165, 1.54) is 18.3 Å². The van der Waals surface area contributed by atoms with Crippen LogP contribution in [0.1, 0.15) is 45.0 Å². The predicted molar refractivity (Wildman–Crippen MR) is 106 cm³/mol. The lowest BCUT2D eigenvalue weighted by atomic mass is 10.1. The smallest absolute Gasteiger partial charge is 0.342 e. The summed E-state index contributed by atoms with van der Waals surface area (Å²) in [4.78, 5) is 40.8. The fraction of sp³-hybridized carbons (Fsp3) is 0.250. The molecule has 0 aliphatic rings. The van der Waals surface area contributed by atoms with E-state index in [0.717, 1.165) is 21.3 Å². The molecule has 2 N–H and O–H groups in total. The molecule has 1 atom stereocenters. The number of hydrogen-bond donors (Lipinski definition) is 2. The number of aryl methyl sites for hydroxylation is 1. The van der Waals surface area contributed by atoms with Crippen LogP contribution in [0.2, 0.25) is 0 Å². The summed E-state index contributed by atoms with van der Waals surface area (Å²) < 4.78 is 5.44. The third kappa shape index (κ3) is 3.64. The molecule has 0 aliphatic heterocycles. The Hall–Kier alpha value is -2.93. The lowest BCUT2D eigenvalue weighted by molar-refractivity contribution is -0.114. The van der Waals surface area contributed by atoms with Crippen molar-refractivity contribution in [2.75, 3.05) is 5.32 Å². The number of para-hydroxylation sites is 1. The highest BCUT2D eigenvalue weighted by Crippen LogP contribution is 2.33. The van der Waals surface area contributed by atoms with Crippen molar-refractivity contribution in [2.24, 2.45) is 0 Å². The van der Waals surface area contributed by atoms with Gasteiger partial charge in [-0.1, -0.05) is 18.2 Å². The molecular weight excluding hydrogens is 364 g/mol. The standard InChI is InChI=1S/C20H20N2O4S/c1-10-12(3)27-19(22-13(4)23)17(10)20(25)26-11(2)18(24)15-9-21-16-8-6-5-7-14(15)16/h5-9,11,21H,1-4H3,(H,22,23)/t11-/m0/s1. The van der Waals surface area contributed by atoms with Gasteiger partial charge in [-0.25, -0.2) is 4.79 Å². The van der Waals surface area contributed by atoms with Crippen LogP contribution in [0.4, 0.5) is 5.00 Å². The van der Waals surface area contributed by atoms with Crippen molar-refractivity contribution in [2.45, 2.75) is 33.8 Å². The summed E-state index contributed by atoms with van der Waals surface area (Å²) in [6.07, 6.45) is 0.668. The zero-order chi connectivity index (χ0) is 19.7. The highest BCUT2D eigenvalue weighted by atomic mass is 32.1. The maximum atomic E-state index is 12.8. The number of aromatic amines is 1. The lowest BCUT2D eigenvalue weighted by Gasteiger charge is -2.13. The molecule has 3 aromatic rings. The summed E-state index contributed by atoms with van der Waals surface area (Å²) in [5.41, 5.74) is 2.36. The Morgan fingerprint density at radius 2 is 1.89 bits per heavy atom. The molecule has 0 unspecified atom stereocenters. The van der Waals surface area contributed by atoms with E-state index < -0.39 is 12.1 Å². The van der Waals surface area contributed by atoms with E-state index in [9.17, 15) is 14.4 Å². The van der Waals surface area contributed by atoms with E-state index in [-0.39, 0.29) is 11.7 Å². The van der Waals surface area contributed by atoms with Crippen molar-refractivity contribution >= 4 is 44.9 Å². The van der Waals surface area contributed by atoms with Crippen molar-refractivity contribution in [3.05, 3.63) is 52.0 Å².